The summed E-state index contributed by atoms with van der Waals surface area (Å²) in [5.41, 5.74) is 2.06. The zero-order valence-corrected chi connectivity index (χ0v) is 11.5. The normalized spacial score (nSPS) is 10.1. The molecular weight excluding hydrogens is 264 g/mol. The van der Waals surface area contributed by atoms with Crippen LogP contribution in [0.4, 0.5) is 5.69 Å². The van der Waals surface area contributed by atoms with Crippen LogP contribution in [0.5, 0.6) is 5.75 Å². The molecule has 0 saturated carbocycles. The van der Waals surface area contributed by atoms with Gasteiger partial charge in [0, 0.05) is 6.08 Å². The van der Waals surface area contributed by atoms with E-state index < -0.39 is 0 Å². The molecule has 0 aromatic heterocycles. The number of methoxy groups -OCH3 is 1. The van der Waals surface area contributed by atoms with Crippen LogP contribution in [0.1, 0.15) is 11.1 Å². The first-order valence-corrected chi connectivity index (χ1v) is 6.35. The van der Waals surface area contributed by atoms with Crippen molar-refractivity contribution in [3.63, 3.8) is 0 Å². The Labute approximate surface area is 123 Å². The van der Waals surface area contributed by atoms with Crippen molar-refractivity contribution in [3.05, 3.63) is 65.7 Å². The maximum Gasteiger partial charge on any atom is 0.248 e. The van der Waals surface area contributed by atoms with Gasteiger partial charge in [0.1, 0.15) is 5.75 Å². The van der Waals surface area contributed by atoms with E-state index in [9.17, 15) is 4.79 Å². The summed E-state index contributed by atoms with van der Waals surface area (Å²) < 4.78 is 5.17. The standard InChI is InChI=1S/C17H14N2O2/c1-21-16-5-3-2-4-15(16)19-17(20)11-10-13-6-8-14(12-18)9-7-13/h2-11H,1H3,(H,19,20)/b11-10+. The molecular formula is C17H14N2O2. The molecule has 0 aliphatic heterocycles. The molecule has 1 N–H and O–H groups in total. The number of ether oxygens (including phenoxy) is 1. The highest BCUT2D eigenvalue weighted by atomic mass is 16.5. The molecule has 1 amide bonds. The van der Waals surface area contributed by atoms with Crippen LogP contribution in [-0.2, 0) is 4.79 Å². The Morgan fingerprint density at radius 1 is 1.19 bits per heavy atom. The molecule has 2 rings (SSSR count). The summed E-state index contributed by atoms with van der Waals surface area (Å²) >= 11 is 0. The number of anilines is 1. The van der Waals surface area contributed by atoms with Crippen molar-refractivity contribution < 1.29 is 9.53 Å². The highest BCUT2D eigenvalue weighted by Crippen LogP contribution is 2.22. The molecule has 0 radical (unpaired) electrons. The summed E-state index contributed by atoms with van der Waals surface area (Å²) in [6.45, 7) is 0. The highest BCUT2D eigenvalue weighted by Gasteiger charge is 2.03. The van der Waals surface area contributed by atoms with E-state index in [-0.39, 0.29) is 5.91 Å². The fourth-order valence-electron chi connectivity index (χ4n) is 1.76. The predicted molar refractivity (Wildman–Crippen MR) is 81.8 cm³/mol. The number of hydrogen-bond donors (Lipinski definition) is 1. The minimum Gasteiger partial charge on any atom is -0.495 e. The van der Waals surface area contributed by atoms with Gasteiger partial charge >= 0.3 is 0 Å². The van der Waals surface area contributed by atoms with Crippen LogP contribution in [0.25, 0.3) is 6.08 Å². The molecule has 0 aliphatic carbocycles. The number of rotatable bonds is 4. The maximum absolute atomic E-state index is 11.9. The van der Waals surface area contributed by atoms with Crippen LogP contribution in [0.2, 0.25) is 0 Å². The summed E-state index contributed by atoms with van der Waals surface area (Å²) in [6.07, 6.45) is 3.12. The van der Waals surface area contributed by atoms with Crippen molar-refractivity contribution in [1.29, 1.82) is 5.26 Å². The maximum atomic E-state index is 11.9. The van der Waals surface area contributed by atoms with Crippen molar-refractivity contribution >= 4 is 17.7 Å². The number of amides is 1. The van der Waals surface area contributed by atoms with Gasteiger partial charge in [0.05, 0.1) is 24.4 Å². The molecule has 0 atom stereocenters. The van der Waals surface area contributed by atoms with E-state index in [0.717, 1.165) is 5.56 Å². The molecule has 21 heavy (non-hydrogen) atoms. The van der Waals surface area contributed by atoms with E-state index in [1.54, 1.807) is 49.6 Å². The number of carbonyl (C=O) groups is 1. The van der Waals surface area contributed by atoms with Gasteiger partial charge in [0.2, 0.25) is 5.91 Å². The minimum atomic E-state index is -0.246. The van der Waals surface area contributed by atoms with Crippen LogP contribution >= 0.6 is 0 Å². The summed E-state index contributed by atoms with van der Waals surface area (Å²) in [4.78, 5) is 11.9. The number of hydrogen-bond acceptors (Lipinski definition) is 3. The molecule has 0 aliphatic rings. The Kier molecular flexibility index (Phi) is 4.73. The fourth-order valence-corrected chi connectivity index (χ4v) is 1.76. The number of nitriles is 1. The van der Waals surface area contributed by atoms with E-state index in [4.69, 9.17) is 10.00 Å². The minimum absolute atomic E-state index is 0.246. The largest absolute Gasteiger partial charge is 0.495 e. The number of carbonyl (C=O) groups excluding carboxylic acids is 1. The number of nitrogens with one attached hydrogen (secondary N) is 1. The van der Waals surface area contributed by atoms with Gasteiger partial charge < -0.3 is 10.1 Å². The molecule has 104 valence electrons. The van der Waals surface area contributed by atoms with E-state index in [2.05, 4.69) is 5.32 Å². The van der Waals surface area contributed by atoms with Crippen molar-refractivity contribution in [2.24, 2.45) is 0 Å². The Bertz CT molecular complexity index is 697. The van der Waals surface area contributed by atoms with Gasteiger partial charge in [-0.2, -0.15) is 5.26 Å². The lowest BCUT2D eigenvalue weighted by Crippen LogP contribution is -2.08. The van der Waals surface area contributed by atoms with Crippen LogP contribution < -0.4 is 10.1 Å². The van der Waals surface area contributed by atoms with E-state index >= 15 is 0 Å². The lowest BCUT2D eigenvalue weighted by molar-refractivity contribution is -0.111. The summed E-state index contributed by atoms with van der Waals surface area (Å²) in [6, 6.07) is 16.2. The molecule has 0 heterocycles. The third-order valence-electron chi connectivity index (χ3n) is 2.83. The summed E-state index contributed by atoms with van der Waals surface area (Å²) in [5.74, 6) is 0.362. The van der Waals surface area contributed by atoms with Gasteiger partial charge in [-0.05, 0) is 35.9 Å². The van der Waals surface area contributed by atoms with Crippen LogP contribution in [0, 0.1) is 11.3 Å². The van der Waals surface area contributed by atoms with Crippen molar-refractivity contribution in [3.8, 4) is 11.8 Å². The zero-order valence-electron chi connectivity index (χ0n) is 11.5. The van der Waals surface area contributed by atoms with Gasteiger partial charge in [0.25, 0.3) is 0 Å². The molecule has 0 spiro atoms. The van der Waals surface area contributed by atoms with E-state index in [1.165, 1.54) is 6.08 Å². The summed E-state index contributed by atoms with van der Waals surface area (Å²) in [7, 11) is 1.55. The lowest BCUT2D eigenvalue weighted by Gasteiger charge is -2.07. The SMILES string of the molecule is COc1ccccc1NC(=O)/C=C/c1ccc(C#N)cc1. The van der Waals surface area contributed by atoms with Gasteiger partial charge in [0.15, 0.2) is 0 Å². The van der Waals surface area contributed by atoms with E-state index in [0.29, 0.717) is 17.0 Å². The van der Waals surface area contributed by atoms with E-state index in [1.807, 2.05) is 18.2 Å². The number of nitrogens with zero attached hydrogens (tertiary/aromatic N) is 1. The van der Waals surface area contributed by atoms with Crippen molar-refractivity contribution in [2.45, 2.75) is 0 Å². The Morgan fingerprint density at radius 3 is 2.57 bits per heavy atom. The molecule has 2 aromatic carbocycles. The Hall–Kier alpha value is -3.06. The molecule has 0 unspecified atom stereocenters. The van der Waals surface area contributed by atoms with Crippen LogP contribution in [0.15, 0.2) is 54.6 Å². The molecule has 4 heteroatoms. The highest BCUT2D eigenvalue weighted by molar-refractivity contribution is 6.02. The Balaban J connectivity index is 2.04. The van der Waals surface area contributed by atoms with Crippen LogP contribution in [0.3, 0.4) is 0 Å². The topological polar surface area (TPSA) is 62.1 Å². The van der Waals surface area contributed by atoms with Gasteiger partial charge in [-0.3, -0.25) is 4.79 Å². The zero-order chi connectivity index (χ0) is 15.1. The first-order valence-electron chi connectivity index (χ1n) is 6.35. The predicted octanol–water partition coefficient (Wildman–Crippen LogP) is 3.22. The first-order chi connectivity index (χ1) is 10.2. The van der Waals surface area contributed by atoms with Gasteiger partial charge in [-0.1, -0.05) is 24.3 Å². The fraction of sp³-hybridized carbons (Fsp3) is 0.0588. The second-order valence-corrected chi connectivity index (χ2v) is 4.26. The van der Waals surface area contributed by atoms with Gasteiger partial charge in [-0.15, -0.1) is 0 Å². The third kappa shape index (κ3) is 3.95. The average molecular weight is 278 g/mol. The van der Waals surface area contributed by atoms with Crippen molar-refractivity contribution in [1.82, 2.24) is 0 Å². The van der Waals surface area contributed by atoms with Gasteiger partial charge in [-0.25, -0.2) is 0 Å². The summed E-state index contributed by atoms with van der Waals surface area (Å²) in [5, 5.41) is 11.5. The number of para-hydroxylation sites is 2. The third-order valence-corrected chi connectivity index (χ3v) is 2.83. The van der Waals surface area contributed by atoms with Crippen molar-refractivity contribution in [2.75, 3.05) is 12.4 Å². The quantitative estimate of drug-likeness (QED) is 0.873. The van der Waals surface area contributed by atoms with Crippen LogP contribution in [-0.4, -0.2) is 13.0 Å². The molecule has 4 nitrogen and oxygen atoms in total. The smallest absolute Gasteiger partial charge is 0.248 e. The number of benzene rings is 2. The first kappa shape index (κ1) is 14.4. The molecule has 2 aromatic rings. The average Bonchev–Trinajstić information content (AvgIpc) is 2.54. The molecule has 0 fully saturated rings. The second kappa shape index (κ2) is 6.92. The molecule has 0 bridgehead atoms. The Morgan fingerprint density at radius 2 is 1.90 bits per heavy atom. The monoisotopic (exact) mass is 278 g/mol. The molecule has 0 saturated heterocycles. The second-order valence-electron chi connectivity index (χ2n) is 4.26. The lowest BCUT2D eigenvalue weighted by atomic mass is 10.1.